The topological polar surface area (TPSA) is 35.2 Å². The predicted octanol–water partition coefficient (Wildman–Crippen LogP) is 3.34. The summed E-state index contributed by atoms with van der Waals surface area (Å²) in [5.74, 6) is 0. The summed E-state index contributed by atoms with van der Waals surface area (Å²) in [7, 11) is 0. The van der Waals surface area contributed by atoms with Crippen molar-refractivity contribution in [1.29, 1.82) is 0 Å². The zero-order valence-electron chi connectivity index (χ0n) is 9.32. The first kappa shape index (κ1) is 12.6. The van der Waals surface area contributed by atoms with Crippen LogP contribution in [0.2, 0.25) is 0 Å². The number of ether oxygens (including phenoxy) is 1. The zero-order chi connectivity index (χ0) is 11.4. The summed E-state index contributed by atoms with van der Waals surface area (Å²) in [6.07, 6.45) is 6.02. The molecular formula is C12H18BrNOS. The van der Waals surface area contributed by atoms with E-state index >= 15 is 0 Å². The Balaban J connectivity index is 1.79. The minimum Gasteiger partial charge on any atom is -0.378 e. The van der Waals surface area contributed by atoms with Crippen molar-refractivity contribution < 1.29 is 4.74 Å². The van der Waals surface area contributed by atoms with Gasteiger partial charge in [0.1, 0.15) is 0 Å². The van der Waals surface area contributed by atoms with Crippen molar-refractivity contribution in [2.24, 2.45) is 5.73 Å². The fourth-order valence-electron chi connectivity index (χ4n) is 2.12. The maximum absolute atomic E-state index is 6.17. The normalized spacial score (nSPS) is 23.2. The highest BCUT2D eigenvalue weighted by molar-refractivity contribution is 9.10. The Morgan fingerprint density at radius 1 is 1.56 bits per heavy atom. The number of thiophene rings is 1. The van der Waals surface area contributed by atoms with Crippen molar-refractivity contribution in [3.63, 3.8) is 0 Å². The molecule has 2 heterocycles. The summed E-state index contributed by atoms with van der Waals surface area (Å²) in [6.45, 7) is 0.917. The standard InChI is InChI=1S/C12H18BrNOS/c13-11-4-6-16-12(11)8-9(14)7-10-3-1-2-5-15-10/h4,6,9-10H,1-3,5,7-8,14H2. The molecule has 0 spiro atoms. The first-order valence-corrected chi connectivity index (χ1v) is 7.52. The van der Waals surface area contributed by atoms with Crippen molar-refractivity contribution in [2.75, 3.05) is 6.61 Å². The quantitative estimate of drug-likeness (QED) is 0.926. The lowest BCUT2D eigenvalue weighted by Crippen LogP contribution is -2.31. The first-order valence-electron chi connectivity index (χ1n) is 5.85. The Morgan fingerprint density at radius 3 is 3.06 bits per heavy atom. The van der Waals surface area contributed by atoms with E-state index in [9.17, 15) is 0 Å². The molecule has 1 fully saturated rings. The molecule has 2 N–H and O–H groups in total. The van der Waals surface area contributed by atoms with E-state index in [-0.39, 0.29) is 6.04 Å². The molecule has 1 aromatic rings. The van der Waals surface area contributed by atoms with Crippen LogP contribution in [-0.4, -0.2) is 18.8 Å². The van der Waals surface area contributed by atoms with Gasteiger partial charge in [0.25, 0.3) is 0 Å². The minimum absolute atomic E-state index is 0.220. The van der Waals surface area contributed by atoms with E-state index in [1.807, 2.05) is 0 Å². The highest BCUT2D eigenvalue weighted by atomic mass is 79.9. The van der Waals surface area contributed by atoms with Crippen molar-refractivity contribution in [1.82, 2.24) is 0 Å². The highest BCUT2D eigenvalue weighted by Gasteiger charge is 2.18. The molecule has 2 rings (SSSR count). The summed E-state index contributed by atoms with van der Waals surface area (Å²) in [6, 6.07) is 2.31. The molecule has 90 valence electrons. The molecule has 0 saturated carbocycles. The molecule has 1 aliphatic heterocycles. The van der Waals surface area contributed by atoms with E-state index in [1.54, 1.807) is 11.3 Å². The van der Waals surface area contributed by atoms with Crippen LogP contribution in [-0.2, 0) is 11.2 Å². The first-order chi connectivity index (χ1) is 7.75. The number of hydrogen-bond donors (Lipinski definition) is 1. The van der Waals surface area contributed by atoms with E-state index in [0.29, 0.717) is 6.10 Å². The van der Waals surface area contributed by atoms with Crippen molar-refractivity contribution in [3.05, 3.63) is 20.8 Å². The molecule has 0 amide bonds. The van der Waals surface area contributed by atoms with Crippen LogP contribution in [0.4, 0.5) is 0 Å². The molecule has 16 heavy (non-hydrogen) atoms. The summed E-state index contributed by atoms with van der Waals surface area (Å²) >= 11 is 5.32. The maximum atomic E-state index is 6.17. The molecule has 2 unspecified atom stereocenters. The molecule has 1 aromatic heterocycles. The third-order valence-corrected chi connectivity index (χ3v) is 4.93. The van der Waals surface area contributed by atoms with Gasteiger partial charge >= 0.3 is 0 Å². The summed E-state index contributed by atoms with van der Waals surface area (Å²) in [4.78, 5) is 1.35. The molecule has 0 bridgehead atoms. The number of rotatable bonds is 4. The average molecular weight is 304 g/mol. The fourth-order valence-corrected chi connectivity index (χ4v) is 3.73. The molecule has 1 saturated heterocycles. The predicted molar refractivity (Wildman–Crippen MR) is 71.9 cm³/mol. The van der Waals surface area contributed by atoms with Gasteiger partial charge in [-0.3, -0.25) is 0 Å². The van der Waals surface area contributed by atoms with Crippen molar-refractivity contribution in [2.45, 2.75) is 44.2 Å². The van der Waals surface area contributed by atoms with Crippen LogP contribution in [0.1, 0.15) is 30.6 Å². The number of nitrogens with two attached hydrogens (primary N) is 1. The van der Waals surface area contributed by atoms with Crippen LogP contribution in [0.3, 0.4) is 0 Å². The Kier molecular flexibility index (Phi) is 4.82. The second kappa shape index (κ2) is 6.15. The molecule has 0 aromatic carbocycles. The van der Waals surface area contributed by atoms with E-state index in [4.69, 9.17) is 10.5 Å². The third kappa shape index (κ3) is 3.55. The van der Waals surface area contributed by atoms with Gasteiger partial charge in [-0.15, -0.1) is 11.3 Å². The van der Waals surface area contributed by atoms with Gasteiger partial charge in [-0.25, -0.2) is 0 Å². The lowest BCUT2D eigenvalue weighted by Gasteiger charge is -2.25. The van der Waals surface area contributed by atoms with Crippen LogP contribution in [0.15, 0.2) is 15.9 Å². The van der Waals surface area contributed by atoms with Gasteiger partial charge in [0.05, 0.1) is 6.10 Å². The Labute approximate surface area is 109 Å². The SMILES string of the molecule is NC(Cc1sccc1Br)CC1CCCCO1. The van der Waals surface area contributed by atoms with Crippen LogP contribution in [0.25, 0.3) is 0 Å². The van der Waals surface area contributed by atoms with Crippen molar-refractivity contribution >= 4 is 27.3 Å². The average Bonchev–Trinajstić information content (AvgIpc) is 2.66. The molecule has 0 radical (unpaired) electrons. The van der Waals surface area contributed by atoms with Gasteiger partial charge in [-0.2, -0.15) is 0 Å². The lowest BCUT2D eigenvalue weighted by molar-refractivity contribution is 0.00750. The van der Waals surface area contributed by atoms with Gasteiger partial charge in [0.2, 0.25) is 0 Å². The Bertz CT molecular complexity index is 323. The molecule has 0 aliphatic carbocycles. The number of hydrogen-bond acceptors (Lipinski definition) is 3. The maximum Gasteiger partial charge on any atom is 0.0590 e. The van der Waals surface area contributed by atoms with Gasteiger partial charge in [-0.1, -0.05) is 0 Å². The van der Waals surface area contributed by atoms with Gasteiger partial charge in [0.15, 0.2) is 0 Å². The van der Waals surface area contributed by atoms with Gasteiger partial charge < -0.3 is 10.5 Å². The highest BCUT2D eigenvalue weighted by Crippen LogP contribution is 2.25. The lowest BCUT2D eigenvalue weighted by atomic mass is 10.00. The molecular weight excluding hydrogens is 286 g/mol. The van der Waals surface area contributed by atoms with Gasteiger partial charge in [0, 0.05) is 22.0 Å². The third-order valence-electron chi connectivity index (χ3n) is 2.98. The van der Waals surface area contributed by atoms with Crippen LogP contribution in [0.5, 0.6) is 0 Å². The second-order valence-electron chi connectivity index (χ2n) is 4.38. The summed E-state index contributed by atoms with van der Waals surface area (Å²) < 4.78 is 6.90. The Morgan fingerprint density at radius 2 is 2.44 bits per heavy atom. The minimum atomic E-state index is 0.220. The molecule has 2 atom stereocenters. The molecule has 2 nitrogen and oxygen atoms in total. The summed E-state index contributed by atoms with van der Waals surface area (Å²) in [5, 5.41) is 2.10. The smallest absolute Gasteiger partial charge is 0.0590 e. The zero-order valence-corrected chi connectivity index (χ0v) is 11.7. The van der Waals surface area contributed by atoms with Crippen molar-refractivity contribution in [3.8, 4) is 0 Å². The van der Waals surface area contributed by atoms with E-state index in [0.717, 1.165) is 19.4 Å². The van der Waals surface area contributed by atoms with E-state index in [2.05, 4.69) is 27.4 Å². The van der Waals surface area contributed by atoms with E-state index in [1.165, 1.54) is 28.6 Å². The van der Waals surface area contributed by atoms with E-state index < -0.39 is 0 Å². The largest absolute Gasteiger partial charge is 0.378 e. The van der Waals surface area contributed by atoms with Crippen LogP contribution < -0.4 is 5.73 Å². The van der Waals surface area contributed by atoms with Crippen LogP contribution in [0, 0.1) is 0 Å². The monoisotopic (exact) mass is 303 g/mol. The summed E-state index contributed by atoms with van der Waals surface area (Å²) in [5.41, 5.74) is 6.17. The fraction of sp³-hybridized carbons (Fsp3) is 0.667. The second-order valence-corrected chi connectivity index (χ2v) is 6.24. The Hall–Kier alpha value is 0.1000. The molecule has 4 heteroatoms. The number of halogens is 1. The van der Waals surface area contributed by atoms with Crippen LogP contribution >= 0.6 is 27.3 Å². The van der Waals surface area contributed by atoms with Gasteiger partial charge in [-0.05, 0) is 59.5 Å². The molecule has 1 aliphatic rings.